The molecular weight excluding hydrogens is 394 g/mol. The fourth-order valence-corrected chi connectivity index (χ4v) is 4.56. The number of anilines is 1. The SMILES string of the molecule is CCOC(=O)c1c(NC(=O)c2ccc(Br)o2)sc2c1CCC(C)C2. The Balaban J connectivity index is 1.94. The Kier molecular flexibility index (Phi) is 5.10. The number of fused-ring (bicyclic) bond motifs is 1. The second-order valence-corrected chi connectivity index (χ2v) is 7.72. The Morgan fingerprint density at radius 1 is 1.46 bits per heavy atom. The van der Waals surface area contributed by atoms with E-state index < -0.39 is 0 Å². The van der Waals surface area contributed by atoms with Gasteiger partial charge in [0.05, 0.1) is 12.2 Å². The van der Waals surface area contributed by atoms with E-state index in [4.69, 9.17) is 9.15 Å². The summed E-state index contributed by atoms with van der Waals surface area (Å²) < 4.78 is 11.0. The molecule has 0 aliphatic heterocycles. The van der Waals surface area contributed by atoms with Crippen LogP contribution in [-0.2, 0) is 17.6 Å². The largest absolute Gasteiger partial charge is 0.462 e. The number of hydrogen-bond acceptors (Lipinski definition) is 5. The molecule has 1 unspecified atom stereocenters. The summed E-state index contributed by atoms with van der Waals surface area (Å²) in [6.07, 6.45) is 2.80. The van der Waals surface area contributed by atoms with Gasteiger partial charge in [-0.05, 0) is 65.7 Å². The zero-order valence-corrected chi connectivity index (χ0v) is 15.9. The number of furan rings is 1. The molecule has 1 atom stereocenters. The van der Waals surface area contributed by atoms with Crippen molar-refractivity contribution >= 4 is 44.1 Å². The molecule has 2 heterocycles. The fourth-order valence-electron chi connectivity index (χ4n) is 2.86. The lowest BCUT2D eigenvalue weighted by atomic mass is 9.88. The van der Waals surface area contributed by atoms with Crippen LogP contribution in [0.2, 0.25) is 0 Å². The minimum Gasteiger partial charge on any atom is -0.462 e. The van der Waals surface area contributed by atoms with Crippen LogP contribution in [0.4, 0.5) is 5.00 Å². The van der Waals surface area contributed by atoms with Crippen molar-refractivity contribution < 1.29 is 18.7 Å². The van der Waals surface area contributed by atoms with E-state index >= 15 is 0 Å². The van der Waals surface area contributed by atoms with Crippen molar-refractivity contribution in [3.63, 3.8) is 0 Å². The molecule has 3 rings (SSSR count). The van der Waals surface area contributed by atoms with Gasteiger partial charge in [0.25, 0.3) is 5.91 Å². The minimum absolute atomic E-state index is 0.191. The van der Waals surface area contributed by atoms with Crippen LogP contribution in [0.5, 0.6) is 0 Å². The van der Waals surface area contributed by atoms with E-state index in [2.05, 4.69) is 28.2 Å². The third-order valence-electron chi connectivity index (χ3n) is 4.02. The zero-order chi connectivity index (χ0) is 17.3. The van der Waals surface area contributed by atoms with Gasteiger partial charge >= 0.3 is 5.97 Å². The van der Waals surface area contributed by atoms with Crippen LogP contribution >= 0.6 is 27.3 Å². The highest BCUT2D eigenvalue weighted by atomic mass is 79.9. The first kappa shape index (κ1) is 17.2. The summed E-state index contributed by atoms with van der Waals surface area (Å²) in [6.45, 7) is 4.28. The summed E-state index contributed by atoms with van der Waals surface area (Å²) in [7, 11) is 0. The molecule has 0 bridgehead atoms. The van der Waals surface area contributed by atoms with Crippen LogP contribution in [-0.4, -0.2) is 18.5 Å². The molecule has 2 aromatic heterocycles. The van der Waals surface area contributed by atoms with Gasteiger partial charge in [0.1, 0.15) is 5.00 Å². The number of carbonyl (C=O) groups is 2. The first-order valence-electron chi connectivity index (χ1n) is 7.88. The number of rotatable bonds is 4. The lowest BCUT2D eigenvalue weighted by molar-refractivity contribution is 0.0526. The number of ether oxygens (including phenoxy) is 1. The molecule has 0 saturated heterocycles. The van der Waals surface area contributed by atoms with E-state index in [0.29, 0.717) is 27.8 Å². The Bertz CT molecular complexity index is 780. The van der Waals surface area contributed by atoms with Crippen LogP contribution < -0.4 is 5.32 Å². The molecule has 0 saturated carbocycles. The normalized spacial score (nSPS) is 16.5. The molecule has 0 fully saturated rings. The van der Waals surface area contributed by atoms with Crippen molar-refractivity contribution in [3.8, 4) is 0 Å². The Hall–Kier alpha value is -1.60. The lowest BCUT2D eigenvalue weighted by Gasteiger charge is -2.18. The Morgan fingerprint density at radius 3 is 2.92 bits per heavy atom. The minimum atomic E-state index is -0.377. The van der Waals surface area contributed by atoms with E-state index in [9.17, 15) is 9.59 Å². The molecule has 0 radical (unpaired) electrons. The van der Waals surface area contributed by atoms with Crippen molar-refractivity contribution in [2.75, 3.05) is 11.9 Å². The van der Waals surface area contributed by atoms with Gasteiger partial charge in [-0.25, -0.2) is 4.79 Å². The van der Waals surface area contributed by atoms with Gasteiger partial charge in [-0.2, -0.15) is 0 Å². The molecule has 7 heteroatoms. The van der Waals surface area contributed by atoms with E-state index in [0.717, 1.165) is 29.7 Å². The first-order chi connectivity index (χ1) is 11.5. The maximum atomic E-state index is 12.4. The van der Waals surface area contributed by atoms with E-state index in [1.807, 2.05) is 0 Å². The number of halogens is 1. The average Bonchev–Trinajstić information content (AvgIpc) is 3.10. The number of nitrogens with one attached hydrogen (secondary N) is 1. The smallest absolute Gasteiger partial charge is 0.341 e. The van der Waals surface area contributed by atoms with Crippen LogP contribution in [0.3, 0.4) is 0 Å². The average molecular weight is 412 g/mol. The van der Waals surface area contributed by atoms with E-state index in [1.165, 1.54) is 11.3 Å². The summed E-state index contributed by atoms with van der Waals surface area (Å²) in [6, 6.07) is 3.24. The Morgan fingerprint density at radius 2 is 2.25 bits per heavy atom. The molecule has 1 aliphatic carbocycles. The third-order valence-corrected chi connectivity index (χ3v) is 5.61. The monoisotopic (exact) mass is 411 g/mol. The summed E-state index contributed by atoms with van der Waals surface area (Å²) in [4.78, 5) is 25.9. The molecule has 0 spiro atoms. The topological polar surface area (TPSA) is 68.5 Å². The number of esters is 1. The second-order valence-electron chi connectivity index (χ2n) is 5.83. The van der Waals surface area contributed by atoms with Crippen molar-refractivity contribution in [3.05, 3.63) is 38.6 Å². The Labute approximate surface area is 152 Å². The molecule has 0 aromatic carbocycles. The van der Waals surface area contributed by atoms with E-state index in [1.54, 1.807) is 19.1 Å². The molecule has 1 aliphatic rings. The third kappa shape index (κ3) is 3.42. The van der Waals surface area contributed by atoms with Crippen LogP contribution in [0.25, 0.3) is 0 Å². The zero-order valence-electron chi connectivity index (χ0n) is 13.5. The second kappa shape index (κ2) is 7.11. The summed E-state index contributed by atoms with van der Waals surface area (Å²) in [5.41, 5.74) is 1.52. The van der Waals surface area contributed by atoms with Crippen LogP contribution in [0.1, 0.15) is 51.6 Å². The van der Waals surface area contributed by atoms with Gasteiger partial charge in [-0.3, -0.25) is 4.79 Å². The van der Waals surface area contributed by atoms with E-state index in [-0.39, 0.29) is 17.6 Å². The maximum absolute atomic E-state index is 12.4. The highest BCUT2D eigenvalue weighted by Gasteiger charge is 2.29. The van der Waals surface area contributed by atoms with Crippen LogP contribution in [0, 0.1) is 5.92 Å². The standard InChI is InChI=1S/C17H18BrNO4S/c1-3-22-17(21)14-10-5-4-9(2)8-12(10)24-16(14)19-15(20)11-6-7-13(18)23-11/h6-7,9H,3-5,8H2,1-2H3,(H,19,20). The molecule has 24 heavy (non-hydrogen) atoms. The van der Waals surface area contributed by atoms with Crippen molar-refractivity contribution in [1.29, 1.82) is 0 Å². The molecule has 1 amide bonds. The molecule has 5 nitrogen and oxygen atoms in total. The van der Waals surface area contributed by atoms with Crippen LogP contribution in [0.15, 0.2) is 21.2 Å². The number of thiophene rings is 1. The van der Waals surface area contributed by atoms with Crippen molar-refractivity contribution in [1.82, 2.24) is 0 Å². The predicted octanol–water partition coefficient (Wildman–Crippen LogP) is 4.66. The highest BCUT2D eigenvalue weighted by molar-refractivity contribution is 9.10. The number of carbonyl (C=O) groups excluding carboxylic acids is 2. The summed E-state index contributed by atoms with van der Waals surface area (Å²) in [5.74, 6) is 0.0190. The number of hydrogen-bond donors (Lipinski definition) is 1. The summed E-state index contributed by atoms with van der Waals surface area (Å²) >= 11 is 4.64. The first-order valence-corrected chi connectivity index (χ1v) is 9.48. The van der Waals surface area contributed by atoms with Crippen molar-refractivity contribution in [2.45, 2.75) is 33.1 Å². The predicted molar refractivity (Wildman–Crippen MR) is 95.8 cm³/mol. The van der Waals surface area contributed by atoms with Gasteiger partial charge < -0.3 is 14.5 Å². The van der Waals surface area contributed by atoms with Crippen molar-refractivity contribution in [2.24, 2.45) is 5.92 Å². The van der Waals surface area contributed by atoms with Gasteiger partial charge in [0.2, 0.25) is 0 Å². The quantitative estimate of drug-likeness (QED) is 0.742. The molecule has 2 aromatic rings. The van der Waals surface area contributed by atoms with Gasteiger partial charge in [-0.15, -0.1) is 11.3 Å². The molecular formula is C17H18BrNO4S. The van der Waals surface area contributed by atoms with Gasteiger partial charge in [0.15, 0.2) is 10.4 Å². The number of amides is 1. The highest BCUT2D eigenvalue weighted by Crippen LogP contribution is 2.40. The summed E-state index contributed by atoms with van der Waals surface area (Å²) in [5, 5.41) is 3.36. The lowest BCUT2D eigenvalue weighted by Crippen LogP contribution is -2.16. The van der Waals surface area contributed by atoms with Gasteiger partial charge in [0, 0.05) is 4.88 Å². The fraction of sp³-hybridized carbons (Fsp3) is 0.412. The molecule has 128 valence electrons. The molecule has 1 N–H and O–H groups in total. The van der Waals surface area contributed by atoms with Gasteiger partial charge in [-0.1, -0.05) is 6.92 Å². The maximum Gasteiger partial charge on any atom is 0.341 e.